The van der Waals surface area contributed by atoms with E-state index in [1.807, 2.05) is 0 Å². The van der Waals surface area contributed by atoms with Crippen molar-refractivity contribution in [1.82, 2.24) is 10.6 Å². The molecule has 3 unspecified atom stereocenters. The van der Waals surface area contributed by atoms with Crippen molar-refractivity contribution in [3.63, 3.8) is 0 Å². The molecule has 2 aliphatic rings. The van der Waals surface area contributed by atoms with Gasteiger partial charge in [0.2, 0.25) is 5.91 Å². The van der Waals surface area contributed by atoms with Gasteiger partial charge in [-0.1, -0.05) is 0 Å². The van der Waals surface area contributed by atoms with E-state index < -0.39 is 0 Å². The quantitative estimate of drug-likeness (QED) is 0.804. The van der Waals surface area contributed by atoms with Gasteiger partial charge in [0.25, 0.3) is 0 Å². The van der Waals surface area contributed by atoms with Crippen LogP contribution in [0.25, 0.3) is 0 Å². The summed E-state index contributed by atoms with van der Waals surface area (Å²) in [6.45, 7) is 4.21. The number of hydrogen-bond donors (Lipinski definition) is 2. The molecular weight excluding hydrogens is 244 g/mol. The van der Waals surface area contributed by atoms with Crippen LogP contribution in [0.1, 0.15) is 19.8 Å². The Morgan fingerprint density at radius 1 is 1.69 bits per heavy atom. The first-order chi connectivity index (χ1) is 7.18. The molecular formula is C11H21ClN2OS. The Morgan fingerprint density at radius 2 is 2.44 bits per heavy atom. The molecule has 1 amide bonds. The van der Waals surface area contributed by atoms with Crippen molar-refractivity contribution < 1.29 is 4.79 Å². The fourth-order valence-corrected chi connectivity index (χ4v) is 3.17. The van der Waals surface area contributed by atoms with E-state index in [9.17, 15) is 4.79 Å². The highest BCUT2D eigenvalue weighted by molar-refractivity contribution is 7.98. The zero-order valence-corrected chi connectivity index (χ0v) is 11.5. The zero-order valence-electron chi connectivity index (χ0n) is 9.91. The van der Waals surface area contributed by atoms with E-state index >= 15 is 0 Å². The minimum atomic E-state index is 0. The number of rotatable bonds is 4. The third kappa shape index (κ3) is 2.84. The summed E-state index contributed by atoms with van der Waals surface area (Å²) in [5.41, 5.74) is 0.336. The second kappa shape index (κ2) is 5.61. The Hall–Kier alpha value is 0.0700. The van der Waals surface area contributed by atoms with Crippen LogP contribution in [0.5, 0.6) is 0 Å². The predicted octanol–water partition coefficient (Wildman–Crippen LogP) is 1.28. The second-order valence-electron chi connectivity index (χ2n) is 4.91. The lowest BCUT2D eigenvalue weighted by molar-refractivity contribution is -0.123. The fraction of sp³-hybridized carbons (Fsp3) is 0.909. The Kier molecular flexibility index (Phi) is 4.95. The monoisotopic (exact) mass is 264 g/mol. The minimum Gasteiger partial charge on any atom is -0.353 e. The van der Waals surface area contributed by atoms with Crippen LogP contribution in [0.3, 0.4) is 0 Å². The average molecular weight is 265 g/mol. The lowest BCUT2D eigenvalue weighted by Crippen LogP contribution is -2.36. The van der Waals surface area contributed by atoms with Gasteiger partial charge in [0.1, 0.15) is 0 Å². The molecule has 94 valence electrons. The van der Waals surface area contributed by atoms with E-state index in [1.54, 1.807) is 11.8 Å². The number of hydrogen-bond acceptors (Lipinski definition) is 3. The molecule has 1 saturated carbocycles. The summed E-state index contributed by atoms with van der Waals surface area (Å²) in [5.74, 6) is 1.57. The van der Waals surface area contributed by atoms with Gasteiger partial charge >= 0.3 is 0 Å². The second-order valence-corrected chi connectivity index (χ2v) is 5.82. The van der Waals surface area contributed by atoms with Crippen LogP contribution in [0, 0.1) is 11.3 Å². The Labute approximate surface area is 108 Å². The molecule has 0 radical (unpaired) electrons. The smallest absolute Gasteiger partial charge is 0.223 e. The molecule has 0 bridgehead atoms. The number of nitrogens with one attached hydrogen (secondary N) is 2. The molecule has 1 heterocycles. The van der Waals surface area contributed by atoms with Crippen molar-refractivity contribution in [3.8, 4) is 0 Å². The summed E-state index contributed by atoms with van der Waals surface area (Å²) in [6.07, 6.45) is 4.35. The normalized spacial score (nSPS) is 33.2. The largest absolute Gasteiger partial charge is 0.353 e. The molecule has 0 aromatic carbocycles. The van der Waals surface area contributed by atoms with Crippen LogP contribution in [0.15, 0.2) is 0 Å². The van der Waals surface area contributed by atoms with Crippen LogP contribution in [0.2, 0.25) is 0 Å². The number of carbonyl (C=O) groups is 1. The molecule has 16 heavy (non-hydrogen) atoms. The summed E-state index contributed by atoms with van der Waals surface area (Å²) < 4.78 is 0. The first kappa shape index (κ1) is 14.1. The molecule has 2 N–H and O–H groups in total. The van der Waals surface area contributed by atoms with Crippen molar-refractivity contribution in [2.45, 2.75) is 25.8 Å². The highest BCUT2D eigenvalue weighted by Crippen LogP contribution is 2.56. The van der Waals surface area contributed by atoms with Crippen molar-refractivity contribution >= 4 is 30.1 Å². The molecule has 2 rings (SSSR count). The standard InChI is InChI=1S/C11H20N2OS.ClH/c1-8(6-15-2)13-10(14)9-5-11(9)3-4-12-7-11;/h8-9,12H,3-7H2,1-2H3,(H,13,14);1H. The van der Waals surface area contributed by atoms with Crippen LogP contribution < -0.4 is 10.6 Å². The SMILES string of the molecule is CSCC(C)NC(=O)C1CC12CCNC2.Cl. The fourth-order valence-electron chi connectivity index (χ4n) is 2.59. The highest BCUT2D eigenvalue weighted by Gasteiger charge is 2.58. The first-order valence-electron chi connectivity index (χ1n) is 5.68. The van der Waals surface area contributed by atoms with E-state index in [4.69, 9.17) is 0 Å². The minimum absolute atomic E-state index is 0. The number of halogens is 1. The molecule has 0 aromatic rings. The maximum absolute atomic E-state index is 11.9. The number of carbonyl (C=O) groups excluding carboxylic acids is 1. The number of thioether (sulfide) groups is 1. The molecule has 1 aliphatic heterocycles. The summed E-state index contributed by atoms with van der Waals surface area (Å²) in [5, 5.41) is 6.46. The molecule has 3 nitrogen and oxygen atoms in total. The number of amides is 1. The van der Waals surface area contributed by atoms with Crippen molar-refractivity contribution in [2.75, 3.05) is 25.1 Å². The van der Waals surface area contributed by atoms with Gasteiger partial charge in [0.05, 0.1) is 0 Å². The van der Waals surface area contributed by atoms with E-state index in [0.717, 1.165) is 25.3 Å². The molecule has 5 heteroatoms. The van der Waals surface area contributed by atoms with E-state index in [2.05, 4.69) is 23.8 Å². The van der Waals surface area contributed by atoms with Crippen LogP contribution in [-0.4, -0.2) is 37.0 Å². The maximum atomic E-state index is 11.9. The van der Waals surface area contributed by atoms with Gasteiger partial charge in [-0.05, 0) is 38.0 Å². The zero-order chi connectivity index (χ0) is 10.9. The average Bonchev–Trinajstić information content (AvgIpc) is 2.65. The lowest BCUT2D eigenvalue weighted by Gasteiger charge is -2.13. The van der Waals surface area contributed by atoms with Crippen LogP contribution in [0.4, 0.5) is 0 Å². The highest BCUT2D eigenvalue weighted by atomic mass is 35.5. The lowest BCUT2D eigenvalue weighted by atomic mass is 10.0. The van der Waals surface area contributed by atoms with Gasteiger partial charge in [0, 0.05) is 24.3 Å². The summed E-state index contributed by atoms with van der Waals surface area (Å²) in [7, 11) is 0. The van der Waals surface area contributed by atoms with Crippen molar-refractivity contribution in [2.24, 2.45) is 11.3 Å². The molecule has 3 atom stereocenters. The van der Waals surface area contributed by atoms with E-state index in [-0.39, 0.29) is 24.2 Å². The van der Waals surface area contributed by atoms with Gasteiger partial charge in [-0.3, -0.25) is 4.79 Å². The van der Waals surface area contributed by atoms with Gasteiger partial charge in [-0.15, -0.1) is 12.4 Å². The van der Waals surface area contributed by atoms with E-state index in [1.165, 1.54) is 6.42 Å². The first-order valence-corrected chi connectivity index (χ1v) is 7.07. The topological polar surface area (TPSA) is 41.1 Å². The molecule has 0 aromatic heterocycles. The summed E-state index contributed by atoms with van der Waals surface area (Å²) in [6, 6.07) is 0.305. The van der Waals surface area contributed by atoms with Crippen molar-refractivity contribution in [3.05, 3.63) is 0 Å². The van der Waals surface area contributed by atoms with Crippen LogP contribution >= 0.6 is 24.2 Å². The van der Waals surface area contributed by atoms with Crippen molar-refractivity contribution in [1.29, 1.82) is 0 Å². The van der Waals surface area contributed by atoms with Gasteiger partial charge < -0.3 is 10.6 Å². The molecule has 1 spiro atoms. The van der Waals surface area contributed by atoms with E-state index in [0.29, 0.717) is 11.5 Å². The Bertz CT molecular complexity index is 256. The van der Waals surface area contributed by atoms with Gasteiger partial charge in [-0.2, -0.15) is 11.8 Å². The molecule has 1 saturated heterocycles. The summed E-state index contributed by atoms with van der Waals surface area (Å²) >= 11 is 1.78. The third-order valence-electron chi connectivity index (χ3n) is 3.59. The molecule has 1 aliphatic carbocycles. The Morgan fingerprint density at radius 3 is 3.00 bits per heavy atom. The van der Waals surface area contributed by atoms with Gasteiger partial charge in [-0.25, -0.2) is 0 Å². The van der Waals surface area contributed by atoms with Gasteiger partial charge in [0.15, 0.2) is 0 Å². The third-order valence-corrected chi connectivity index (χ3v) is 4.42. The maximum Gasteiger partial charge on any atom is 0.223 e. The molecule has 2 fully saturated rings. The van der Waals surface area contributed by atoms with Crippen LogP contribution in [-0.2, 0) is 4.79 Å². The predicted molar refractivity (Wildman–Crippen MR) is 71.3 cm³/mol. The summed E-state index contributed by atoms with van der Waals surface area (Å²) in [4.78, 5) is 11.9. The Balaban J connectivity index is 0.00000128.